The zero-order valence-electron chi connectivity index (χ0n) is 12.5. The van der Waals surface area contributed by atoms with E-state index in [4.69, 9.17) is 4.74 Å². The van der Waals surface area contributed by atoms with Crippen LogP contribution in [0.25, 0.3) is 0 Å². The van der Waals surface area contributed by atoms with Crippen molar-refractivity contribution >= 4 is 0 Å². The number of methoxy groups -OCH3 is 1. The molecule has 19 heavy (non-hydrogen) atoms. The largest absolute Gasteiger partial charge is 0.497 e. The van der Waals surface area contributed by atoms with Gasteiger partial charge >= 0.3 is 0 Å². The van der Waals surface area contributed by atoms with Gasteiger partial charge in [0.15, 0.2) is 0 Å². The summed E-state index contributed by atoms with van der Waals surface area (Å²) >= 11 is 0. The predicted molar refractivity (Wildman–Crippen MR) is 80.7 cm³/mol. The molecular formula is C17H27NO. The first-order valence-corrected chi connectivity index (χ1v) is 7.59. The van der Waals surface area contributed by atoms with Gasteiger partial charge in [0, 0.05) is 6.04 Å². The Hall–Kier alpha value is -1.02. The molecule has 0 aromatic heterocycles. The van der Waals surface area contributed by atoms with Gasteiger partial charge in [0.25, 0.3) is 0 Å². The van der Waals surface area contributed by atoms with Crippen LogP contribution >= 0.6 is 0 Å². The first-order chi connectivity index (χ1) is 9.22. The first-order valence-electron chi connectivity index (χ1n) is 7.59. The highest BCUT2D eigenvalue weighted by Gasteiger charge is 2.28. The SMILES string of the molecule is CCNC(Cc1cccc(OC)c1)C1CCC(C)C1. The summed E-state index contributed by atoms with van der Waals surface area (Å²) in [6.07, 6.45) is 5.26. The number of hydrogen-bond donors (Lipinski definition) is 1. The maximum Gasteiger partial charge on any atom is 0.119 e. The van der Waals surface area contributed by atoms with Crippen LogP contribution in [0.15, 0.2) is 24.3 Å². The minimum Gasteiger partial charge on any atom is -0.497 e. The Morgan fingerprint density at radius 2 is 2.21 bits per heavy atom. The van der Waals surface area contributed by atoms with Crippen molar-refractivity contribution in [2.24, 2.45) is 11.8 Å². The molecular weight excluding hydrogens is 234 g/mol. The van der Waals surface area contributed by atoms with Crippen molar-refractivity contribution in [3.8, 4) is 5.75 Å². The van der Waals surface area contributed by atoms with Crippen LogP contribution in [0.3, 0.4) is 0 Å². The molecule has 2 heteroatoms. The average Bonchev–Trinajstić information content (AvgIpc) is 2.85. The monoisotopic (exact) mass is 261 g/mol. The predicted octanol–water partition coefficient (Wildman–Crippen LogP) is 3.65. The minimum atomic E-state index is 0.613. The highest BCUT2D eigenvalue weighted by Crippen LogP contribution is 2.33. The van der Waals surface area contributed by atoms with Gasteiger partial charge in [-0.25, -0.2) is 0 Å². The number of benzene rings is 1. The van der Waals surface area contributed by atoms with Crippen LogP contribution in [0.4, 0.5) is 0 Å². The van der Waals surface area contributed by atoms with E-state index in [0.717, 1.165) is 30.6 Å². The Morgan fingerprint density at radius 1 is 1.37 bits per heavy atom. The second-order valence-corrected chi connectivity index (χ2v) is 5.90. The highest BCUT2D eigenvalue weighted by molar-refractivity contribution is 5.29. The number of nitrogens with one attached hydrogen (secondary N) is 1. The van der Waals surface area contributed by atoms with E-state index in [9.17, 15) is 0 Å². The fourth-order valence-corrected chi connectivity index (χ4v) is 3.34. The summed E-state index contributed by atoms with van der Waals surface area (Å²) in [6, 6.07) is 9.10. The van der Waals surface area contributed by atoms with Gasteiger partial charge in [0.1, 0.15) is 5.75 Å². The summed E-state index contributed by atoms with van der Waals surface area (Å²) < 4.78 is 5.32. The van der Waals surface area contributed by atoms with Crippen molar-refractivity contribution < 1.29 is 4.74 Å². The van der Waals surface area contributed by atoms with Crippen molar-refractivity contribution in [1.82, 2.24) is 5.32 Å². The fraction of sp³-hybridized carbons (Fsp3) is 0.647. The third kappa shape index (κ3) is 3.97. The van der Waals surface area contributed by atoms with Gasteiger partial charge in [-0.05, 0) is 55.3 Å². The molecule has 0 heterocycles. The number of hydrogen-bond acceptors (Lipinski definition) is 2. The van der Waals surface area contributed by atoms with Gasteiger partial charge in [-0.2, -0.15) is 0 Å². The maximum absolute atomic E-state index is 5.32. The van der Waals surface area contributed by atoms with Crippen molar-refractivity contribution in [2.75, 3.05) is 13.7 Å². The molecule has 1 aromatic rings. The van der Waals surface area contributed by atoms with E-state index >= 15 is 0 Å². The fourth-order valence-electron chi connectivity index (χ4n) is 3.34. The van der Waals surface area contributed by atoms with Crippen LogP contribution < -0.4 is 10.1 Å². The quantitative estimate of drug-likeness (QED) is 0.844. The topological polar surface area (TPSA) is 21.3 Å². The number of ether oxygens (including phenoxy) is 1. The van der Waals surface area contributed by atoms with Crippen LogP contribution in [0.2, 0.25) is 0 Å². The maximum atomic E-state index is 5.32. The summed E-state index contributed by atoms with van der Waals surface area (Å²) in [5, 5.41) is 3.69. The van der Waals surface area contributed by atoms with E-state index in [1.54, 1.807) is 7.11 Å². The Kier molecular flexibility index (Phi) is 5.26. The molecule has 0 bridgehead atoms. The standard InChI is InChI=1S/C17H27NO/c1-4-18-17(15-9-8-13(2)10-15)12-14-6-5-7-16(11-14)19-3/h5-7,11,13,15,17-18H,4,8-10,12H2,1-3H3. The lowest BCUT2D eigenvalue weighted by atomic mass is 9.91. The second kappa shape index (κ2) is 6.95. The molecule has 3 unspecified atom stereocenters. The van der Waals surface area contributed by atoms with Crippen LogP contribution in [0, 0.1) is 11.8 Å². The molecule has 1 aliphatic rings. The zero-order chi connectivity index (χ0) is 13.7. The van der Waals surface area contributed by atoms with Crippen molar-refractivity contribution in [1.29, 1.82) is 0 Å². The van der Waals surface area contributed by atoms with Gasteiger partial charge in [0.2, 0.25) is 0 Å². The van der Waals surface area contributed by atoms with Gasteiger partial charge in [-0.15, -0.1) is 0 Å². The van der Waals surface area contributed by atoms with E-state index in [1.165, 1.54) is 24.8 Å². The molecule has 1 fully saturated rings. The summed E-state index contributed by atoms with van der Waals surface area (Å²) in [5.41, 5.74) is 1.38. The van der Waals surface area contributed by atoms with E-state index < -0.39 is 0 Å². The van der Waals surface area contributed by atoms with Gasteiger partial charge in [-0.3, -0.25) is 0 Å². The third-order valence-electron chi connectivity index (χ3n) is 4.36. The van der Waals surface area contributed by atoms with E-state index in [0.29, 0.717) is 6.04 Å². The van der Waals surface area contributed by atoms with E-state index in [2.05, 4.69) is 37.4 Å². The zero-order valence-corrected chi connectivity index (χ0v) is 12.5. The number of rotatable bonds is 6. The van der Waals surface area contributed by atoms with E-state index in [1.807, 2.05) is 6.07 Å². The smallest absolute Gasteiger partial charge is 0.119 e. The van der Waals surface area contributed by atoms with Crippen molar-refractivity contribution in [3.05, 3.63) is 29.8 Å². The molecule has 1 aromatic carbocycles. The summed E-state index contributed by atoms with van der Waals surface area (Å²) in [4.78, 5) is 0. The molecule has 0 amide bonds. The highest BCUT2D eigenvalue weighted by atomic mass is 16.5. The molecule has 2 nitrogen and oxygen atoms in total. The first kappa shape index (κ1) is 14.4. The summed E-state index contributed by atoms with van der Waals surface area (Å²) in [6.45, 7) is 5.64. The minimum absolute atomic E-state index is 0.613. The molecule has 0 spiro atoms. The number of likely N-dealkylation sites (N-methyl/N-ethyl adjacent to an activating group) is 1. The second-order valence-electron chi connectivity index (χ2n) is 5.90. The molecule has 2 rings (SSSR count). The van der Waals surface area contributed by atoms with Crippen LogP contribution in [-0.2, 0) is 6.42 Å². The molecule has 1 saturated carbocycles. The molecule has 0 saturated heterocycles. The van der Waals surface area contributed by atoms with Crippen LogP contribution in [-0.4, -0.2) is 19.7 Å². The molecule has 0 radical (unpaired) electrons. The van der Waals surface area contributed by atoms with Gasteiger partial charge in [0.05, 0.1) is 7.11 Å². The lowest BCUT2D eigenvalue weighted by Gasteiger charge is -2.25. The average molecular weight is 261 g/mol. The molecule has 3 atom stereocenters. The lowest BCUT2D eigenvalue weighted by molar-refractivity contribution is 0.353. The Balaban J connectivity index is 2.02. The molecule has 0 aliphatic heterocycles. The van der Waals surface area contributed by atoms with Gasteiger partial charge < -0.3 is 10.1 Å². The summed E-state index contributed by atoms with van der Waals surface area (Å²) in [7, 11) is 1.74. The Morgan fingerprint density at radius 3 is 2.84 bits per heavy atom. The molecule has 1 aliphatic carbocycles. The van der Waals surface area contributed by atoms with Crippen LogP contribution in [0.5, 0.6) is 5.75 Å². The lowest BCUT2D eigenvalue weighted by Crippen LogP contribution is -2.37. The van der Waals surface area contributed by atoms with Gasteiger partial charge in [-0.1, -0.05) is 32.4 Å². The van der Waals surface area contributed by atoms with Crippen molar-refractivity contribution in [2.45, 2.75) is 45.6 Å². The van der Waals surface area contributed by atoms with E-state index in [-0.39, 0.29) is 0 Å². The third-order valence-corrected chi connectivity index (χ3v) is 4.36. The summed E-state index contributed by atoms with van der Waals surface area (Å²) in [5.74, 6) is 2.70. The molecule has 1 N–H and O–H groups in total. The van der Waals surface area contributed by atoms with Crippen LogP contribution in [0.1, 0.15) is 38.7 Å². The van der Waals surface area contributed by atoms with Crippen molar-refractivity contribution in [3.63, 3.8) is 0 Å². The Labute approximate surface area is 117 Å². The normalized spacial score (nSPS) is 24.4. The molecule has 106 valence electrons. The Bertz CT molecular complexity index is 391.